The number of benzene rings is 1. The van der Waals surface area contributed by atoms with Gasteiger partial charge in [0.2, 0.25) is 16.1 Å². The predicted molar refractivity (Wildman–Crippen MR) is 107 cm³/mol. The van der Waals surface area contributed by atoms with Gasteiger partial charge in [0.15, 0.2) is 11.5 Å². The summed E-state index contributed by atoms with van der Waals surface area (Å²) in [5.74, 6) is 0.171. The Balaban J connectivity index is 1.41. The Morgan fingerprint density at radius 3 is 2.50 bits per heavy atom. The largest absolute Gasteiger partial charge is 0.485 e. The maximum Gasteiger partial charge on any atom is 0.349 e. The van der Waals surface area contributed by atoms with E-state index in [0.29, 0.717) is 11.5 Å². The minimum absolute atomic E-state index is 0.0439. The van der Waals surface area contributed by atoms with Crippen molar-refractivity contribution in [1.29, 1.82) is 0 Å². The van der Waals surface area contributed by atoms with E-state index in [4.69, 9.17) is 9.47 Å². The molecule has 1 aromatic carbocycles. The van der Waals surface area contributed by atoms with Crippen molar-refractivity contribution in [2.24, 2.45) is 0 Å². The summed E-state index contributed by atoms with van der Waals surface area (Å²) in [5.41, 5.74) is 0. The number of rotatable bonds is 4. The smallest absolute Gasteiger partial charge is 0.349 e. The third kappa shape index (κ3) is 3.75. The number of para-hydroxylation sites is 2. The summed E-state index contributed by atoms with van der Waals surface area (Å²) in [6, 6.07) is 8.52. The minimum Gasteiger partial charge on any atom is -0.485 e. The van der Waals surface area contributed by atoms with Crippen LogP contribution in [0.15, 0.2) is 40.6 Å². The Morgan fingerprint density at radius 2 is 1.80 bits per heavy atom. The van der Waals surface area contributed by atoms with Crippen LogP contribution >= 0.6 is 11.3 Å². The van der Waals surface area contributed by atoms with Gasteiger partial charge in [-0.15, -0.1) is 11.3 Å². The molecule has 3 heterocycles. The van der Waals surface area contributed by atoms with Crippen molar-refractivity contribution in [3.8, 4) is 11.5 Å². The van der Waals surface area contributed by atoms with Crippen molar-refractivity contribution in [3.63, 3.8) is 0 Å². The van der Waals surface area contributed by atoms with Crippen molar-refractivity contribution >= 4 is 33.2 Å². The molecule has 2 aliphatic rings. The van der Waals surface area contributed by atoms with E-state index in [1.807, 2.05) is 6.07 Å². The van der Waals surface area contributed by atoms with Gasteiger partial charge in [-0.3, -0.25) is 4.79 Å². The van der Waals surface area contributed by atoms with E-state index in [1.165, 1.54) is 22.9 Å². The van der Waals surface area contributed by atoms with Gasteiger partial charge in [0, 0.05) is 26.2 Å². The first-order valence-corrected chi connectivity index (χ1v) is 11.6. The maximum atomic E-state index is 13.0. The normalized spacial score (nSPS) is 19.4. The highest BCUT2D eigenvalue weighted by Crippen LogP contribution is 2.31. The van der Waals surface area contributed by atoms with Crippen LogP contribution in [0.4, 0.5) is 0 Å². The van der Waals surface area contributed by atoms with E-state index in [0.717, 1.165) is 11.3 Å². The Kier molecular flexibility index (Phi) is 5.67. The fourth-order valence-electron chi connectivity index (χ4n) is 3.37. The molecule has 1 unspecified atom stereocenters. The van der Waals surface area contributed by atoms with Gasteiger partial charge in [0.05, 0.1) is 7.11 Å². The van der Waals surface area contributed by atoms with Gasteiger partial charge < -0.3 is 19.1 Å². The van der Waals surface area contributed by atoms with Gasteiger partial charge >= 0.3 is 5.97 Å². The molecule has 1 aromatic heterocycles. The summed E-state index contributed by atoms with van der Waals surface area (Å²) in [6.07, 6.45) is -0.772. The van der Waals surface area contributed by atoms with Crippen LogP contribution in [0.2, 0.25) is 0 Å². The second-order valence-corrected chi connectivity index (χ2v) is 9.52. The molecule has 1 saturated heterocycles. The van der Waals surface area contributed by atoms with E-state index in [1.54, 1.807) is 23.1 Å². The number of methoxy groups -OCH3 is 1. The van der Waals surface area contributed by atoms with Crippen LogP contribution in [-0.2, 0) is 19.6 Å². The first-order valence-electron chi connectivity index (χ1n) is 9.25. The molecule has 30 heavy (non-hydrogen) atoms. The molecule has 1 amide bonds. The zero-order chi connectivity index (χ0) is 21.3. The molecule has 0 radical (unpaired) electrons. The number of piperazine rings is 1. The van der Waals surface area contributed by atoms with Gasteiger partial charge in [-0.05, 0) is 23.6 Å². The highest BCUT2D eigenvalue weighted by Gasteiger charge is 2.37. The summed E-state index contributed by atoms with van der Waals surface area (Å²) >= 11 is 1.02. The third-order valence-electron chi connectivity index (χ3n) is 4.95. The number of carbonyl (C=O) groups is 2. The van der Waals surface area contributed by atoms with E-state index < -0.39 is 22.1 Å². The first kappa shape index (κ1) is 20.6. The zero-order valence-corrected chi connectivity index (χ0v) is 17.8. The number of carbonyl (C=O) groups excluding carboxylic acids is 2. The number of fused-ring (bicyclic) bond motifs is 1. The molecule has 9 nitrogen and oxygen atoms in total. The van der Waals surface area contributed by atoms with Gasteiger partial charge in [-0.1, -0.05) is 12.1 Å². The fourth-order valence-corrected chi connectivity index (χ4v) is 6.11. The highest BCUT2D eigenvalue weighted by molar-refractivity contribution is 7.89. The number of thiophene rings is 1. The van der Waals surface area contributed by atoms with Crippen LogP contribution in [0, 0.1) is 0 Å². The molecule has 1 atom stereocenters. The van der Waals surface area contributed by atoms with Crippen LogP contribution in [0.25, 0.3) is 0 Å². The Bertz CT molecular complexity index is 1060. The maximum absolute atomic E-state index is 13.0. The average Bonchev–Trinajstić information content (AvgIpc) is 3.29. The van der Waals surface area contributed by atoms with Crippen molar-refractivity contribution < 1.29 is 32.2 Å². The van der Waals surface area contributed by atoms with E-state index >= 15 is 0 Å². The summed E-state index contributed by atoms with van der Waals surface area (Å²) < 4.78 is 43.3. The van der Waals surface area contributed by atoms with Crippen LogP contribution in [0.1, 0.15) is 9.67 Å². The molecule has 160 valence electrons. The van der Waals surface area contributed by atoms with E-state index in [-0.39, 0.29) is 48.5 Å². The van der Waals surface area contributed by atoms with E-state index in [2.05, 4.69) is 4.74 Å². The molecular weight excluding hydrogens is 432 g/mol. The number of amides is 1. The zero-order valence-electron chi connectivity index (χ0n) is 16.1. The SMILES string of the molecule is COC(=O)c1sccc1S(=O)(=O)N1CCN(C(=O)C2COc3ccccc3O2)CC1. The second kappa shape index (κ2) is 8.25. The molecule has 0 spiro atoms. The standard InChI is InChI=1S/C19H20N2O7S2/c1-26-19(23)17-16(6-11-29-17)30(24,25)21-9-7-20(8-10-21)18(22)15-12-27-13-4-2-3-5-14(13)28-15/h2-6,11,15H,7-10,12H2,1H3. The molecule has 2 aliphatic heterocycles. The lowest BCUT2D eigenvalue weighted by Crippen LogP contribution is -2.55. The molecule has 2 aromatic rings. The van der Waals surface area contributed by atoms with E-state index in [9.17, 15) is 18.0 Å². The monoisotopic (exact) mass is 452 g/mol. The average molecular weight is 453 g/mol. The molecular formula is C19H20N2O7S2. The molecule has 11 heteroatoms. The number of hydrogen-bond donors (Lipinski definition) is 0. The second-order valence-electron chi connectivity index (χ2n) is 6.70. The van der Waals surface area contributed by atoms with Crippen molar-refractivity contribution in [3.05, 3.63) is 40.6 Å². The van der Waals surface area contributed by atoms with Gasteiger partial charge in [0.25, 0.3) is 5.91 Å². The Labute approximate surface area is 177 Å². The first-order chi connectivity index (χ1) is 14.4. The van der Waals surface area contributed by atoms with Crippen molar-refractivity contribution in [1.82, 2.24) is 9.21 Å². The predicted octanol–water partition coefficient (Wildman–Crippen LogP) is 1.21. The third-order valence-corrected chi connectivity index (χ3v) is 7.92. The summed E-state index contributed by atoms with van der Waals surface area (Å²) in [5, 5.41) is 1.54. The molecule has 1 fully saturated rings. The minimum atomic E-state index is -3.87. The summed E-state index contributed by atoms with van der Waals surface area (Å²) in [6.45, 7) is 0.781. The lowest BCUT2D eigenvalue weighted by molar-refractivity contribution is -0.142. The number of hydrogen-bond acceptors (Lipinski definition) is 8. The van der Waals surface area contributed by atoms with Crippen LogP contribution < -0.4 is 9.47 Å². The number of esters is 1. The van der Waals surface area contributed by atoms with Gasteiger partial charge in [-0.25, -0.2) is 13.2 Å². The number of ether oxygens (including phenoxy) is 3. The fraction of sp³-hybridized carbons (Fsp3) is 0.368. The lowest BCUT2D eigenvalue weighted by atomic mass is 10.2. The quantitative estimate of drug-likeness (QED) is 0.643. The summed E-state index contributed by atoms with van der Waals surface area (Å²) in [4.78, 5) is 26.2. The molecule has 0 N–H and O–H groups in total. The number of nitrogens with zero attached hydrogens (tertiary/aromatic N) is 2. The Morgan fingerprint density at radius 1 is 1.10 bits per heavy atom. The lowest BCUT2D eigenvalue weighted by Gasteiger charge is -2.36. The molecule has 0 bridgehead atoms. The number of sulfonamides is 1. The molecule has 0 aliphatic carbocycles. The van der Waals surface area contributed by atoms with Crippen LogP contribution in [-0.4, -0.2) is 75.5 Å². The highest BCUT2D eigenvalue weighted by atomic mass is 32.2. The summed E-state index contributed by atoms with van der Waals surface area (Å²) in [7, 11) is -2.66. The van der Waals surface area contributed by atoms with Crippen molar-refractivity contribution in [2.45, 2.75) is 11.0 Å². The topological polar surface area (TPSA) is 102 Å². The molecule has 0 saturated carbocycles. The molecule has 4 rings (SSSR count). The van der Waals surface area contributed by atoms with Gasteiger partial charge in [0.1, 0.15) is 16.4 Å². The van der Waals surface area contributed by atoms with Crippen molar-refractivity contribution in [2.75, 3.05) is 39.9 Å². The Hall–Kier alpha value is -2.63. The van der Waals surface area contributed by atoms with Gasteiger partial charge in [-0.2, -0.15) is 4.31 Å². The van der Waals surface area contributed by atoms with Crippen LogP contribution in [0.5, 0.6) is 11.5 Å². The van der Waals surface area contributed by atoms with Crippen LogP contribution in [0.3, 0.4) is 0 Å².